The third-order valence-electron chi connectivity index (χ3n) is 2.53. The Hall–Kier alpha value is -1.71. The minimum atomic E-state index is -1.09. The summed E-state index contributed by atoms with van der Waals surface area (Å²) in [4.78, 5) is 11.0. The number of aryl methyl sites for hydroxylation is 1. The van der Waals surface area contributed by atoms with Crippen LogP contribution in [0.5, 0.6) is 11.5 Å². The Bertz CT molecular complexity index is 407. The highest BCUT2D eigenvalue weighted by Gasteiger charge is 2.31. The van der Waals surface area contributed by atoms with E-state index >= 15 is 0 Å². The summed E-state index contributed by atoms with van der Waals surface area (Å²) in [7, 11) is 0. The van der Waals surface area contributed by atoms with Crippen LogP contribution >= 0.6 is 0 Å². The summed E-state index contributed by atoms with van der Waals surface area (Å²) < 4.78 is 0. The second-order valence-corrected chi connectivity index (χ2v) is 4.09. The molecule has 1 rings (SSSR count). The Labute approximate surface area is 87.8 Å². The molecule has 0 fully saturated rings. The first kappa shape index (κ1) is 11.4. The van der Waals surface area contributed by atoms with Gasteiger partial charge >= 0.3 is 5.97 Å². The van der Waals surface area contributed by atoms with Crippen LogP contribution in [0.3, 0.4) is 0 Å². The van der Waals surface area contributed by atoms with E-state index in [0.717, 1.165) is 0 Å². The number of phenolic OH excluding ortho intramolecular Hbond substituents is 2. The van der Waals surface area contributed by atoms with Gasteiger partial charge in [0.05, 0.1) is 5.41 Å². The molecule has 0 aliphatic rings. The average molecular weight is 210 g/mol. The van der Waals surface area contributed by atoms with Crippen molar-refractivity contribution >= 4 is 5.97 Å². The van der Waals surface area contributed by atoms with Gasteiger partial charge in [-0.05, 0) is 44.0 Å². The second-order valence-electron chi connectivity index (χ2n) is 4.09. The zero-order valence-corrected chi connectivity index (χ0v) is 8.90. The summed E-state index contributed by atoms with van der Waals surface area (Å²) in [6, 6.07) is 2.65. The lowest BCUT2D eigenvalue weighted by Crippen LogP contribution is -2.29. The van der Waals surface area contributed by atoms with Gasteiger partial charge in [-0.2, -0.15) is 0 Å². The molecule has 0 aliphatic heterocycles. The third-order valence-corrected chi connectivity index (χ3v) is 2.53. The Kier molecular flexibility index (Phi) is 2.62. The van der Waals surface area contributed by atoms with Crippen LogP contribution in [0.2, 0.25) is 0 Å². The van der Waals surface area contributed by atoms with E-state index in [1.54, 1.807) is 20.8 Å². The summed E-state index contributed by atoms with van der Waals surface area (Å²) >= 11 is 0. The topological polar surface area (TPSA) is 77.8 Å². The molecule has 3 N–H and O–H groups in total. The van der Waals surface area contributed by atoms with Gasteiger partial charge < -0.3 is 15.3 Å². The second kappa shape index (κ2) is 3.46. The van der Waals surface area contributed by atoms with Gasteiger partial charge in [0.2, 0.25) is 0 Å². The number of rotatable bonds is 2. The van der Waals surface area contributed by atoms with E-state index in [1.807, 2.05) is 0 Å². The highest BCUT2D eigenvalue weighted by Crippen LogP contribution is 2.34. The minimum absolute atomic E-state index is 0.238. The fourth-order valence-corrected chi connectivity index (χ4v) is 1.47. The van der Waals surface area contributed by atoms with E-state index < -0.39 is 11.4 Å². The smallest absolute Gasteiger partial charge is 0.313 e. The Balaban J connectivity index is 3.38. The van der Waals surface area contributed by atoms with E-state index in [-0.39, 0.29) is 11.5 Å². The molecule has 0 radical (unpaired) electrons. The van der Waals surface area contributed by atoms with Crippen molar-refractivity contribution in [3.63, 3.8) is 0 Å². The lowest BCUT2D eigenvalue weighted by Gasteiger charge is -2.22. The molecule has 0 saturated carbocycles. The van der Waals surface area contributed by atoms with Crippen LogP contribution < -0.4 is 0 Å². The van der Waals surface area contributed by atoms with Crippen molar-refractivity contribution in [2.24, 2.45) is 0 Å². The van der Waals surface area contributed by atoms with Crippen molar-refractivity contribution in [2.75, 3.05) is 0 Å². The van der Waals surface area contributed by atoms with E-state index in [0.29, 0.717) is 11.1 Å². The molecule has 0 aromatic heterocycles. The molecular weight excluding hydrogens is 196 g/mol. The predicted octanol–water partition coefficient (Wildman–Crippen LogP) is 1.77. The van der Waals surface area contributed by atoms with Crippen molar-refractivity contribution in [3.05, 3.63) is 23.3 Å². The zero-order chi connectivity index (χ0) is 11.8. The van der Waals surface area contributed by atoms with Crippen molar-refractivity contribution < 1.29 is 20.1 Å². The minimum Gasteiger partial charge on any atom is -0.504 e. The summed E-state index contributed by atoms with van der Waals surface area (Å²) in [5.41, 5.74) is 0.0397. The first-order valence-electron chi connectivity index (χ1n) is 4.53. The van der Waals surface area contributed by atoms with Gasteiger partial charge in [0.25, 0.3) is 0 Å². The van der Waals surface area contributed by atoms with Gasteiger partial charge in [-0.1, -0.05) is 0 Å². The van der Waals surface area contributed by atoms with Crippen LogP contribution in [0.25, 0.3) is 0 Å². The van der Waals surface area contributed by atoms with E-state index in [4.69, 9.17) is 5.11 Å². The largest absolute Gasteiger partial charge is 0.504 e. The molecule has 4 nitrogen and oxygen atoms in total. The summed E-state index contributed by atoms with van der Waals surface area (Å²) in [6.07, 6.45) is 0. The average Bonchev–Trinajstić information content (AvgIpc) is 2.10. The molecule has 0 atom stereocenters. The normalized spacial score (nSPS) is 11.4. The standard InChI is InChI=1S/C11H14O4/c1-6-4-8(12)9(13)5-7(6)11(2,3)10(14)15/h4-5,12-13H,1-3H3,(H,14,15). The van der Waals surface area contributed by atoms with Crippen LogP contribution in [-0.2, 0) is 10.2 Å². The monoisotopic (exact) mass is 210 g/mol. The number of benzene rings is 1. The Morgan fingerprint density at radius 1 is 1.20 bits per heavy atom. The van der Waals surface area contributed by atoms with Gasteiger partial charge in [0, 0.05) is 0 Å². The number of phenols is 2. The van der Waals surface area contributed by atoms with Crippen molar-refractivity contribution in [2.45, 2.75) is 26.2 Å². The lowest BCUT2D eigenvalue weighted by molar-refractivity contribution is -0.142. The van der Waals surface area contributed by atoms with Crippen LogP contribution in [0.1, 0.15) is 25.0 Å². The SMILES string of the molecule is Cc1cc(O)c(O)cc1C(C)(C)C(=O)O. The Morgan fingerprint density at radius 2 is 1.67 bits per heavy atom. The molecule has 82 valence electrons. The number of carbonyl (C=O) groups is 1. The predicted molar refractivity (Wildman–Crippen MR) is 55.2 cm³/mol. The van der Waals surface area contributed by atoms with Crippen molar-refractivity contribution in [3.8, 4) is 11.5 Å². The molecule has 0 saturated heterocycles. The summed E-state index contributed by atoms with van der Waals surface area (Å²) in [5, 5.41) is 27.6. The highest BCUT2D eigenvalue weighted by molar-refractivity contribution is 5.81. The Morgan fingerprint density at radius 3 is 2.13 bits per heavy atom. The number of carboxylic acid groups (broad SMARTS) is 1. The molecule has 1 aromatic carbocycles. The maximum Gasteiger partial charge on any atom is 0.313 e. The molecular formula is C11H14O4. The highest BCUT2D eigenvalue weighted by atomic mass is 16.4. The first-order chi connectivity index (χ1) is 6.76. The lowest BCUT2D eigenvalue weighted by atomic mass is 9.82. The fraction of sp³-hybridized carbons (Fsp3) is 0.364. The number of aromatic hydroxyl groups is 2. The van der Waals surface area contributed by atoms with Gasteiger partial charge in [0.1, 0.15) is 0 Å². The van der Waals surface area contributed by atoms with Crippen LogP contribution in [-0.4, -0.2) is 21.3 Å². The maximum atomic E-state index is 11.0. The molecule has 0 heterocycles. The molecule has 15 heavy (non-hydrogen) atoms. The van der Waals surface area contributed by atoms with Crippen LogP contribution in [0.15, 0.2) is 12.1 Å². The number of hydrogen-bond donors (Lipinski definition) is 3. The van der Waals surface area contributed by atoms with Gasteiger partial charge in [0.15, 0.2) is 11.5 Å². The summed E-state index contributed by atoms with van der Waals surface area (Å²) in [6.45, 7) is 4.79. The molecule has 4 heteroatoms. The van der Waals surface area contributed by atoms with E-state index in [9.17, 15) is 15.0 Å². The number of carboxylic acids is 1. The van der Waals surface area contributed by atoms with E-state index in [2.05, 4.69) is 0 Å². The van der Waals surface area contributed by atoms with Gasteiger partial charge in [-0.3, -0.25) is 4.79 Å². The molecule has 0 aliphatic carbocycles. The number of aliphatic carboxylic acids is 1. The molecule has 0 unspecified atom stereocenters. The van der Waals surface area contributed by atoms with Crippen LogP contribution in [0.4, 0.5) is 0 Å². The summed E-state index contributed by atoms with van der Waals surface area (Å²) in [5.74, 6) is -1.52. The molecule has 1 aromatic rings. The first-order valence-corrected chi connectivity index (χ1v) is 4.53. The van der Waals surface area contributed by atoms with Gasteiger partial charge in [-0.15, -0.1) is 0 Å². The van der Waals surface area contributed by atoms with E-state index in [1.165, 1.54) is 12.1 Å². The van der Waals surface area contributed by atoms with Crippen LogP contribution in [0, 0.1) is 6.92 Å². The zero-order valence-electron chi connectivity index (χ0n) is 8.90. The van der Waals surface area contributed by atoms with Crippen molar-refractivity contribution in [1.82, 2.24) is 0 Å². The molecule has 0 bridgehead atoms. The fourth-order valence-electron chi connectivity index (χ4n) is 1.47. The van der Waals surface area contributed by atoms with Gasteiger partial charge in [-0.25, -0.2) is 0 Å². The third kappa shape index (κ3) is 1.88. The quantitative estimate of drug-likeness (QED) is 0.650. The number of hydrogen-bond acceptors (Lipinski definition) is 3. The molecule has 0 spiro atoms. The maximum absolute atomic E-state index is 11.0. The molecule has 0 amide bonds. The van der Waals surface area contributed by atoms with Crippen molar-refractivity contribution in [1.29, 1.82) is 0 Å².